The topological polar surface area (TPSA) is 96.5 Å². The third kappa shape index (κ3) is 5.24. The molecule has 3 N–H and O–H groups in total. The number of ether oxygens (including phenoxy) is 1. The van der Waals surface area contributed by atoms with E-state index in [-0.39, 0.29) is 24.4 Å². The maximum absolute atomic E-state index is 12.0. The van der Waals surface area contributed by atoms with E-state index in [1.54, 1.807) is 30.0 Å². The fourth-order valence-electron chi connectivity index (χ4n) is 1.85. The first-order chi connectivity index (χ1) is 9.89. The summed E-state index contributed by atoms with van der Waals surface area (Å²) in [6.45, 7) is 0. The van der Waals surface area contributed by atoms with E-state index in [0.717, 1.165) is 17.9 Å². The molecule has 0 aromatic heterocycles. The molecule has 1 atom stereocenters. The Kier molecular flexibility index (Phi) is 6.79. The number of methoxy groups -OCH3 is 1. The molecule has 10 heteroatoms. The SMILES string of the molecule is COc1cc(NC(=O)C2CSCN2)ccc1NS(C)(=O)=O.Cl. The van der Waals surface area contributed by atoms with Gasteiger partial charge in [-0.3, -0.25) is 14.8 Å². The van der Waals surface area contributed by atoms with Gasteiger partial charge in [-0.1, -0.05) is 0 Å². The number of benzene rings is 1. The van der Waals surface area contributed by atoms with Crippen molar-refractivity contribution in [1.82, 2.24) is 5.32 Å². The Labute approximate surface area is 140 Å². The van der Waals surface area contributed by atoms with Crippen LogP contribution >= 0.6 is 24.2 Å². The lowest BCUT2D eigenvalue weighted by Crippen LogP contribution is -2.37. The van der Waals surface area contributed by atoms with Gasteiger partial charge < -0.3 is 10.1 Å². The molecule has 1 amide bonds. The summed E-state index contributed by atoms with van der Waals surface area (Å²) in [6.07, 6.45) is 1.06. The second-order valence-electron chi connectivity index (χ2n) is 4.55. The fraction of sp³-hybridized carbons (Fsp3) is 0.417. The minimum Gasteiger partial charge on any atom is -0.494 e. The summed E-state index contributed by atoms with van der Waals surface area (Å²) in [6, 6.07) is 4.53. The molecule has 0 spiro atoms. The zero-order valence-corrected chi connectivity index (χ0v) is 14.5. The summed E-state index contributed by atoms with van der Waals surface area (Å²) in [5.41, 5.74) is 0.877. The minimum atomic E-state index is -3.39. The molecule has 1 heterocycles. The molecule has 1 aliphatic rings. The lowest BCUT2D eigenvalue weighted by atomic mass is 10.2. The molecule has 7 nitrogen and oxygen atoms in total. The van der Waals surface area contributed by atoms with Crippen LogP contribution in [0.5, 0.6) is 5.75 Å². The van der Waals surface area contributed by atoms with Crippen molar-refractivity contribution < 1.29 is 17.9 Å². The van der Waals surface area contributed by atoms with Gasteiger partial charge in [0.1, 0.15) is 5.75 Å². The van der Waals surface area contributed by atoms with Crippen LogP contribution in [0.15, 0.2) is 18.2 Å². The summed E-state index contributed by atoms with van der Waals surface area (Å²) in [4.78, 5) is 12.0. The van der Waals surface area contributed by atoms with Crippen molar-refractivity contribution in [2.24, 2.45) is 0 Å². The van der Waals surface area contributed by atoms with Gasteiger partial charge in [0.05, 0.1) is 25.1 Å². The van der Waals surface area contributed by atoms with Gasteiger partial charge in [0.2, 0.25) is 15.9 Å². The van der Waals surface area contributed by atoms with Crippen LogP contribution in [-0.2, 0) is 14.8 Å². The van der Waals surface area contributed by atoms with Gasteiger partial charge in [0.25, 0.3) is 0 Å². The number of sulfonamides is 1. The van der Waals surface area contributed by atoms with E-state index < -0.39 is 10.0 Å². The van der Waals surface area contributed by atoms with E-state index in [1.165, 1.54) is 7.11 Å². The Bertz CT molecular complexity index is 633. The van der Waals surface area contributed by atoms with Crippen molar-refractivity contribution >= 4 is 51.5 Å². The van der Waals surface area contributed by atoms with Crippen molar-refractivity contribution in [3.63, 3.8) is 0 Å². The lowest BCUT2D eigenvalue weighted by molar-refractivity contribution is -0.117. The number of thioether (sulfide) groups is 1. The summed E-state index contributed by atoms with van der Waals surface area (Å²) in [5.74, 6) is 1.72. The van der Waals surface area contributed by atoms with E-state index >= 15 is 0 Å². The molecule has 1 aliphatic heterocycles. The van der Waals surface area contributed by atoms with E-state index in [0.29, 0.717) is 17.1 Å². The van der Waals surface area contributed by atoms with Gasteiger partial charge in [0.15, 0.2) is 0 Å². The number of nitrogens with one attached hydrogen (secondary N) is 3. The van der Waals surface area contributed by atoms with Crippen LogP contribution in [-0.4, -0.2) is 45.4 Å². The minimum absolute atomic E-state index is 0. The monoisotopic (exact) mass is 367 g/mol. The number of anilines is 2. The predicted octanol–water partition coefficient (Wildman–Crippen LogP) is 1.09. The maximum Gasteiger partial charge on any atom is 0.242 e. The fourth-order valence-corrected chi connectivity index (χ4v) is 3.36. The molecule has 0 radical (unpaired) electrons. The highest BCUT2D eigenvalue weighted by atomic mass is 35.5. The number of carbonyl (C=O) groups is 1. The van der Waals surface area contributed by atoms with E-state index in [2.05, 4.69) is 15.4 Å². The number of halogens is 1. The summed E-state index contributed by atoms with van der Waals surface area (Å²) in [7, 11) is -1.95. The van der Waals surface area contributed by atoms with Gasteiger partial charge in [-0.25, -0.2) is 8.42 Å². The van der Waals surface area contributed by atoms with Crippen LogP contribution in [0.2, 0.25) is 0 Å². The number of amides is 1. The molecule has 0 saturated carbocycles. The number of rotatable bonds is 5. The van der Waals surface area contributed by atoms with Gasteiger partial charge in [-0.05, 0) is 12.1 Å². The van der Waals surface area contributed by atoms with Crippen LogP contribution in [0.3, 0.4) is 0 Å². The highest BCUT2D eigenvalue weighted by molar-refractivity contribution is 7.99. The molecule has 0 aliphatic carbocycles. The largest absolute Gasteiger partial charge is 0.494 e. The molecule has 124 valence electrons. The molecular formula is C12H18ClN3O4S2. The summed E-state index contributed by atoms with van der Waals surface area (Å²) < 4.78 is 30.0. The third-order valence-electron chi connectivity index (χ3n) is 2.80. The zero-order chi connectivity index (χ0) is 15.5. The molecule has 1 unspecified atom stereocenters. The van der Waals surface area contributed by atoms with Crippen LogP contribution in [0.1, 0.15) is 0 Å². The molecular weight excluding hydrogens is 350 g/mol. The average Bonchev–Trinajstić information content (AvgIpc) is 2.93. The summed E-state index contributed by atoms with van der Waals surface area (Å²) in [5, 5.41) is 5.85. The molecule has 2 rings (SSSR count). The molecule has 1 aromatic rings. The maximum atomic E-state index is 12.0. The van der Waals surface area contributed by atoms with E-state index in [9.17, 15) is 13.2 Å². The van der Waals surface area contributed by atoms with Gasteiger partial charge in [0, 0.05) is 23.4 Å². The first-order valence-corrected chi connectivity index (χ1v) is 9.21. The second kappa shape index (κ2) is 7.91. The normalized spacial score (nSPS) is 17.5. The van der Waals surface area contributed by atoms with Crippen molar-refractivity contribution in [2.75, 3.05) is 35.0 Å². The molecule has 1 fully saturated rings. The van der Waals surface area contributed by atoms with Crippen molar-refractivity contribution in [2.45, 2.75) is 6.04 Å². The van der Waals surface area contributed by atoms with Crippen molar-refractivity contribution in [3.8, 4) is 5.75 Å². The van der Waals surface area contributed by atoms with E-state index in [1.807, 2.05) is 0 Å². The smallest absolute Gasteiger partial charge is 0.242 e. The molecule has 1 aromatic carbocycles. The van der Waals surface area contributed by atoms with Crippen LogP contribution in [0, 0.1) is 0 Å². The average molecular weight is 368 g/mol. The quantitative estimate of drug-likeness (QED) is 0.721. The highest BCUT2D eigenvalue weighted by Crippen LogP contribution is 2.28. The lowest BCUT2D eigenvalue weighted by Gasteiger charge is -2.14. The van der Waals surface area contributed by atoms with E-state index in [4.69, 9.17) is 4.74 Å². The Balaban J connectivity index is 0.00000242. The zero-order valence-electron chi connectivity index (χ0n) is 12.1. The second-order valence-corrected chi connectivity index (χ2v) is 7.33. The molecule has 22 heavy (non-hydrogen) atoms. The van der Waals surface area contributed by atoms with Crippen LogP contribution in [0.25, 0.3) is 0 Å². The Morgan fingerprint density at radius 3 is 2.73 bits per heavy atom. The number of carbonyl (C=O) groups excluding carboxylic acids is 1. The predicted molar refractivity (Wildman–Crippen MR) is 91.6 cm³/mol. The Morgan fingerprint density at radius 1 is 1.45 bits per heavy atom. The van der Waals surface area contributed by atoms with Crippen molar-refractivity contribution in [1.29, 1.82) is 0 Å². The highest BCUT2D eigenvalue weighted by Gasteiger charge is 2.22. The third-order valence-corrected chi connectivity index (χ3v) is 4.33. The van der Waals surface area contributed by atoms with Gasteiger partial charge in [-0.2, -0.15) is 0 Å². The standard InChI is InChI=1S/C12H17N3O4S2.ClH/c1-19-11-5-8(3-4-9(11)15-21(2,17)18)14-12(16)10-6-20-7-13-10;/h3-5,10,13,15H,6-7H2,1-2H3,(H,14,16);1H. The number of hydrogen-bond acceptors (Lipinski definition) is 6. The summed E-state index contributed by atoms with van der Waals surface area (Å²) >= 11 is 1.66. The van der Waals surface area contributed by atoms with Crippen LogP contribution in [0.4, 0.5) is 11.4 Å². The molecule has 0 bridgehead atoms. The van der Waals surface area contributed by atoms with Gasteiger partial charge >= 0.3 is 0 Å². The van der Waals surface area contributed by atoms with Gasteiger partial charge in [-0.15, -0.1) is 24.2 Å². The van der Waals surface area contributed by atoms with Crippen molar-refractivity contribution in [3.05, 3.63) is 18.2 Å². The Morgan fingerprint density at radius 2 is 2.18 bits per heavy atom. The Hall–Kier alpha value is -1.16. The molecule has 1 saturated heterocycles. The first kappa shape index (κ1) is 18.9. The van der Waals surface area contributed by atoms with Crippen LogP contribution < -0.4 is 20.1 Å². The first-order valence-electron chi connectivity index (χ1n) is 6.17. The number of hydrogen-bond donors (Lipinski definition) is 3.